The minimum absolute atomic E-state index is 0.394. The Kier molecular flexibility index (Phi) is 2.95. The van der Waals surface area contributed by atoms with Gasteiger partial charge in [0.2, 0.25) is 0 Å². The first kappa shape index (κ1) is 9.82. The van der Waals surface area contributed by atoms with Crippen LogP contribution < -0.4 is 0 Å². The average Bonchev–Trinajstić information content (AvgIpc) is 2.56. The normalized spacial score (nSPS) is 10.4. The minimum Gasteiger partial charge on any atom is -0.245 e. The second-order valence-electron chi connectivity index (χ2n) is 2.36. The van der Waals surface area contributed by atoms with E-state index in [2.05, 4.69) is 19.3 Å². The summed E-state index contributed by atoms with van der Waals surface area (Å²) < 4.78 is 4.88. The van der Waals surface area contributed by atoms with Gasteiger partial charge in [-0.05, 0) is 30.2 Å². The van der Waals surface area contributed by atoms with E-state index in [0.717, 1.165) is 10.2 Å². The highest BCUT2D eigenvalue weighted by Gasteiger charge is 2.07. The van der Waals surface area contributed by atoms with Gasteiger partial charge in [-0.3, -0.25) is 0 Å². The molecule has 0 aliphatic carbocycles. The summed E-state index contributed by atoms with van der Waals surface area (Å²) in [5.41, 5.74) is 0. The second kappa shape index (κ2) is 4.20. The number of aromatic nitrogens is 4. The molecule has 2 rings (SSSR count). The summed E-state index contributed by atoms with van der Waals surface area (Å²) in [4.78, 5) is 12.2. The fourth-order valence-electron chi connectivity index (χ4n) is 0.779. The van der Waals surface area contributed by atoms with E-state index < -0.39 is 0 Å². The quantitative estimate of drug-likeness (QED) is 0.812. The molecule has 0 atom stereocenters. The molecule has 0 N–H and O–H groups in total. The third-order valence-corrected chi connectivity index (χ3v) is 3.54. The Balaban J connectivity index is 2.23. The molecule has 0 radical (unpaired) electrons. The Morgan fingerprint density at radius 3 is 2.79 bits per heavy atom. The first-order chi connectivity index (χ1) is 6.75. The van der Waals surface area contributed by atoms with Crippen molar-refractivity contribution in [3.63, 3.8) is 0 Å². The zero-order valence-corrected chi connectivity index (χ0v) is 9.53. The van der Waals surface area contributed by atoms with Crippen LogP contribution in [-0.2, 0) is 0 Å². The molecular weight excluding hydrogens is 240 g/mol. The lowest BCUT2D eigenvalue weighted by atomic mass is 10.8. The molecule has 0 aliphatic rings. The SMILES string of the molecule is Cc1nsc(Sc2nccnc2Cl)n1. The summed E-state index contributed by atoms with van der Waals surface area (Å²) >= 11 is 8.55. The molecule has 2 aromatic rings. The van der Waals surface area contributed by atoms with Gasteiger partial charge in [0.25, 0.3) is 0 Å². The van der Waals surface area contributed by atoms with Gasteiger partial charge in [0.05, 0.1) is 0 Å². The predicted molar refractivity (Wildman–Crippen MR) is 55.8 cm³/mol. The van der Waals surface area contributed by atoms with Crippen molar-refractivity contribution >= 4 is 34.9 Å². The van der Waals surface area contributed by atoms with Crippen molar-refractivity contribution in [2.45, 2.75) is 16.3 Å². The first-order valence-electron chi connectivity index (χ1n) is 3.70. The van der Waals surface area contributed by atoms with E-state index >= 15 is 0 Å². The highest BCUT2D eigenvalue weighted by Crippen LogP contribution is 2.30. The Labute approximate surface area is 93.9 Å². The third kappa shape index (κ3) is 2.20. The molecule has 72 valence electrons. The van der Waals surface area contributed by atoms with E-state index in [-0.39, 0.29) is 0 Å². The molecule has 0 spiro atoms. The molecule has 2 heterocycles. The maximum Gasteiger partial charge on any atom is 0.176 e. The van der Waals surface area contributed by atoms with Crippen molar-refractivity contribution in [1.29, 1.82) is 0 Å². The Morgan fingerprint density at radius 1 is 1.36 bits per heavy atom. The van der Waals surface area contributed by atoms with Crippen LogP contribution in [0.4, 0.5) is 0 Å². The molecule has 0 aliphatic heterocycles. The number of rotatable bonds is 2. The van der Waals surface area contributed by atoms with Crippen LogP contribution in [0, 0.1) is 6.92 Å². The Morgan fingerprint density at radius 2 is 2.14 bits per heavy atom. The highest BCUT2D eigenvalue weighted by atomic mass is 35.5. The Bertz CT molecular complexity index is 445. The van der Waals surface area contributed by atoms with Gasteiger partial charge in [0.1, 0.15) is 10.9 Å². The summed E-state index contributed by atoms with van der Waals surface area (Å²) in [5, 5.41) is 1.05. The maximum absolute atomic E-state index is 5.84. The molecule has 4 nitrogen and oxygen atoms in total. The van der Waals surface area contributed by atoms with E-state index in [9.17, 15) is 0 Å². The molecular formula is C7H5ClN4S2. The maximum atomic E-state index is 5.84. The zero-order chi connectivity index (χ0) is 9.97. The molecule has 0 saturated heterocycles. The zero-order valence-electron chi connectivity index (χ0n) is 7.14. The van der Waals surface area contributed by atoms with Crippen molar-refractivity contribution in [1.82, 2.24) is 19.3 Å². The molecule has 0 unspecified atom stereocenters. The monoisotopic (exact) mass is 244 g/mol. The lowest BCUT2D eigenvalue weighted by Gasteiger charge is -1.96. The van der Waals surface area contributed by atoms with Gasteiger partial charge in [-0.15, -0.1) is 0 Å². The lowest BCUT2D eigenvalue weighted by molar-refractivity contribution is 1.05. The molecule has 0 amide bonds. The van der Waals surface area contributed by atoms with E-state index in [0.29, 0.717) is 10.2 Å². The van der Waals surface area contributed by atoms with Gasteiger partial charge in [-0.1, -0.05) is 11.6 Å². The van der Waals surface area contributed by atoms with Crippen LogP contribution in [0.25, 0.3) is 0 Å². The molecule has 0 aromatic carbocycles. The molecule has 7 heteroatoms. The number of hydrogen-bond acceptors (Lipinski definition) is 6. The fraction of sp³-hybridized carbons (Fsp3) is 0.143. The first-order valence-corrected chi connectivity index (χ1v) is 5.67. The summed E-state index contributed by atoms with van der Waals surface area (Å²) in [5.74, 6) is 0.762. The fourth-order valence-corrected chi connectivity index (χ4v) is 2.52. The largest absolute Gasteiger partial charge is 0.245 e. The van der Waals surface area contributed by atoms with Crippen LogP contribution in [-0.4, -0.2) is 19.3 Å². The molecule has 0 saturated carbocycles. The van der Waals surface area contributed by atoms with Crippen molar-refractivity contribution in [3.05, 3.63) is 23.4 Å². The number of aryl methyl sites for hydroxylation is 1. The molecule has 0 bridgehead atoms. The molecule has 2 aromatic heterocycles. The van der Waals surface area contributed by atoms with Gasteiger partial charge < -0.3 is 0 Å². The van der Waals surface area contributed by atoms with Crippen LogP contribution in [0.5, 0.6) is 0 Å². The van der Waals surface area contributed by atoms with E-state index in [1.165, 1.54) is 23.3 Å². The van der Waals surface area contributed by atoms with Crippen molar-refractivity contribution in [3.8, 4) is 0 Å². The average molecular weight is 245 g/mol. The third-order valence-electron chi connectivity index (χ3n) is 1.32. The number of halogens is 1. The van der Waals surface area contributed by atoms with Crippen LogP contribution in [0.2, 0.25) is 5.15 Å². The number of hydrogen-bond donors (Lipinski definition) is 0. The van der Waals surface area contributed by atoms with Gasteiger partial charge >= 0.3 is 0 Å². The van der Waals surface area contributed by atoms with E-state index in [1.54, 1.807) is 12.4 Å². The summed E-state index contributed by atoms with van der Waals surface area (Å²) in [6.07, 6.45) is 3.15. The Hall–Kier alpha value is -0.720. The second-order valence-corrected chi connectivity index (χ2v) is 4.71. The highest BCUT2D eigenvalue weighted by molar-refractivity contribution is 8.01. The van der Waals surface area contributed by atoms with E-state index in [1.807, 2.05) is 6.92 Å². The van der Waals surface area contributed by atoms with Crippen LogP contribution in [0.3, 0.4) is 0 Å². The van der Waals surface area contributed by atoms with Crippen LogP contribution in [0.15, 0.2) is 21.8 Å². The smallest absolute Gasteiger partial charge is 0.176 e. The molecule has 0 fully saturated rings. The summed E-state index contributed by atoms with van der Waals surface area (Å²) in [6, 6.07) is 0. The van der Waals surface area contributed by atoms with Crippen molar-refractivity contribution in [2.24, 2.45) is 0 Å². The van der Waals surface area contributed by atoms with Gasteiger partial charge in [0, 0.05) is 12.4 Å². The van der Waals surface area contributed by atoms with Gasteiger partial charge in [0.15, 0.2) is 9.49 Å². The summed E-state index contributed by atoms with van der Waals surface area (Å²) in [7, 11) is 0. The van der Waals surface area contributed by atoms with Gasteiger partial charge in [-0.25, -0.2) is 15.0 Å². The topological polar surface area (TPSA) is 51.6 Å². The van der Waals surface area contributed by atoms with Crippen molar-refractivity contribution in [2.75, 3.05) is 0 Å². The predicted octanol–water partition coefficient (Wildman–Crippen LogP) is 2.44. The van der Waals surface area contributed by atoms with Crippen LogP contribution in [0.1, 0.15) is 5.82 Å². The lowest BCUT2D eigenvalue weighted by Crippen LogP contribution is -1.83. The van der Waals surface area contributed by atoms with Crippen LogP contribution >= 0.6 is 34.9 Å². The standard InChI is InChI=1S/C7H5ClN4S2/c1-4-11-7(14-12-4)13-6-5(8)9-2-3-10-6/h2-3H,1H3. The summed E-state index contributed by atoms with van der Waals surface area (Å²) in [6.45, 7) is 1.85. The molecule has 14 heavy (non-hydrogen) atoms. The van der Waals surface area contributed by atoms with Gasteiger partial charge in [-0.2, -0.15) is 4.37 Å². The van der Waals surface area contributed by atoms with Crippen molar-refractivity contribution < 1.29 is 0 Å². The number of nitrogens with zero attached hydrogens (tertiary/aromatic N) is 4. The minimum atomic E-state index is 0.394. The van der Waals surface area contributed by atoms with E-state index in [4.69, 9.17) is 11.6 Å².